The summed E-state index contributed by atoms with van der Waals surface area (Å²) in [7, 11) is -10.0. The van der Waals surface area contributed by atoms with Crippen molar-refractivity contribution in [1.82, 2.24) is 0 Å². The molecular weight excluding hydrogens is 1380 g/mol. The summed E-state index contributed by atoms with van der Waals surface area (Å²) in [4.78, 5) is 73.0. The number of phosphoric ester groups is 2. The normalized spacial score (nSPS) is 14.7. The zero-order valence-electron chi connectivity index (χ0n) is 65.8. The van der Waals surface area contributed by atoms with Crippen LogP contribution in [0, 0.1) is 0 Å². The lowest BCUT2D eigenvalue weighted by atomic mass is 10.0. The van der Waals surface area contributed by atoms with Gasteiger partial charge in [-0.1, -0.05) is 307 Å². The molecule has 602 valence electrons. The first-order valence-corrected chi connectivity index (χ1v) is 43.4. The Balaban J connectivity index is 5.52. The molecule has 2 unspecified atom stereocenters. The van der Waals surface area contributed by atoms with Crippen LogP contribution >= 0.6 is 15.6 Å². The Kier molecular flexibility index (Phi) is 73.5. The lowest BCUT2D eigenvalue weighted by Crippen LogP contribution is -2.30. The third-order valence-electron chi connectivity index (χ3n) is 16.2. The SMILES string of the molecule is CC/C=C\C/C=C\C/C=C\C/C=C\C/C=C\C/C=C\CCC(=O)OC[C@H](COP(=O)(O)OC[C@@H](O)COP(=O)(O)OC[C@@H](COC(=O)CCCCCCC/C=C\C/C=C\CCCCC)OC(=O)CCCCCCCCCCCCCCC)OC(=O)CC/C=C\C/C=C\C/C=C\C/C=C\C/C=C\C/C=C\CC. The number of ether oxygens (including phenoxy) is 4. The maximum Gasteiger partial charge on any atom is 0.472 e. The number of hydrogen-bond donors (Lipinski definition) is 3. The molecule has 0 heterocycles. The van der Waals surface area contributed by atoms with Gasteiger partial charge in [0.1, 0.15) is 19.3 Å². The molecule has 17 nitrogen and oxygen atoms in total. The molecule has 0 aliphatic rings. The van der Waals surface area contributed by atoms with Gasteiger partial charge in [-0.2, -0.15) is 0 Å². The predicted molar refractivity (Wildman–Crippen MR) is 436 cm³/mol. The fourth-order valence-electron chi connectivity index (χ4n) is 10.1. The maximum atomic E-state index is 13.1. The van der Waals surface area contributed by atoms with Crippen LogP contribution in [0.5, 0.6) is 0 Å². The summed E-state index contributed by atoms with van der Waals surface area (Å²) in [6.45, 7) is 4.43. The van der Waals surface area contributed by atoms with Gasteiger partial charge in [0.2, 0.25) is 0 Å². The molecule has 0 rings (SSSR count). The summed E-state index contributed by atoms with van der Waals surface area (Å²) in [6.07, 6.45) is 92.2. The van der Waals surface area contributed by atoms with Gasteiger partial charge in [-0.15, -0.1) is 0 Å². The van der Waals surface area contributed by atoms with Crippen molar-refractivity contribution < 1.29 is 80.2 Å². The molecule has 0 bridgehead atoms. The Morgan fingerprint density at radius 3 is 0.849 bits per heavy atom. The standard InChI is InChI=1S/C87H142O17P2/c1-5-9-13-17-21-25-29-33-36-38-40-42-45-49-52-56-60-64-68-72-85(90)98-78-83(104-87(92)74-70-66-62-58-54-50-46-43-41-39-37-34-30-26-22-18-14-10-6-2)80-102-106(95,96)100-76-81(88)75-99-105(93,94)101-79-82(103-86(91)73-69-65-61-57-53-47-32-28-24-20-16-12-8-4)77-97-84(89)71-67-63-59-55-51-48-44-35-31-27-23-19-15-11-7-3/h9-10,13-14,21-23,25-27,33-37,40-44,49-50,52,54,60,62,64,66,81-83,88H,5-8,11-12,15-20,24,28-32,38-39,45-48,51,53,55-59,61,63,65,67-80H2,1-4H3,(H,93,94)(H,95,96)/b13-9-,14-10-,25-21-,26-22-,27-23-,36-33-,37-34-,42-40-,43-41-,44-35-,52-49-,54-50-,64-60-,66-62-/t81-,82+,83+/m0/s1. The second-order valence-electron chi connectivity index (χ2n) is 26.2. The van der Waals surface area contributed by atoms with Crippen molar-refractivity contribution in [2.24, 2.45) is 0 Å². The number of allylic oxidation sites excluding steroid dienone is 28. The van der Waals surface area contributed by atoms with E-state index in [4.69, 9.17) is 37.0 Å². The van der Waals surface area contributed by atoms with E-state index in [1.54, 1.807) is 0 Å². The zero-order valence-corrected chi connectivity index (χ0v) is 67.6. The summed E-state index contributed by atoms with van der Waals surface area (Å²) in [5.74, 6) is -2.39. The van der Waals surface area contributed by atoms with E-state index >= 15 is 0 Å². The van der Waals surface area contributed by atoms with E-state index in [-0.39, 0.29) is 25.7 Å². The first-order chi connectivity index (χ1) is 51.7. The summed E-state index contributed by atoms with van der Waals surface area (Å²) in [5, 5.41) is 10.6. The number of aliphatic hydroxyl groups excluding tert-OH is 1. The molecule has 0 radical (unpaired) electrons. The molecule has 106 heavy (non-hydrogen) atoms. The van der Waals surface area contributed by atoms with Crippen LogP contribution in [0.15, 0.2) is 170 Å². The third-order valence-corrected chi connectivity index (χ3v) is 18.1. The average Bonchev–Trinajstić information content (AvgIpc) is 0.903. The Labute approximate surface area is 642 Å². The van der Waals surface area contributed by atoms with Crippen molar-refractivity contribution in [1.29, 1.82) is 0 Å². The van der Waals surface area contributed by atoms with Crippen LogP contribution in [-0.4, -0.2) is 96.7 Å². The van der Waals surface area contributed by atoms with E-state index in [0.717, 1.165) is 135 Å². The van der Waals surface area contributed by atoms with Gasteiger partial charge >= 0.3 is 39.5 Å². The summed E-state index contributed by atoms with van der Waals surface area (Å²) < 4.78 is 68.4. The quantitative estimate of drug-likeness (QED) is 0.0169. The molecule has 0 saturated carbocycles. The van der Waals surface area contributed by atoms with E-state index in [0.29, 0.717) is 38.5 Å². The highest BCUT2D eigenvalue weighted by Gasteiger charge is 2.30. The Morgan fingerprint density at radius 2 is 0.509 bits per heavy atom. The van der Waals surface area contributed by atoms with Crippen LogP contribution < -0.4 is 0 Å². The molecule has 0 aromatic carbocycles. The first-order valence-electron chi connectivity index (χ1n) is 40.4. The Hall–Kier alpha value is -5.58. The smallest absolute Gasteiger partial charge is 0.462 e. The van der Waals surface area contributed by atoms with Crippen LogP contribution in [-0.2, 0) is 65.4 Å². The molecule has 3 N–H and O–H groups in total. The zero-order chi connectivity index (χ0) is 77.4. The monoisotopic (exact) mass is 1520 g/mol. The molecule has 5 atom stereocenters. The molecule has 0 aliphatic heterocycles. The van der Waals surface area contributed by atoms with E-state index in [1.165, 1.54) is 70.6 Å². The van der Waals surface area contributed by atoms with Gasteiger partial charge in [0.05, 0.1) is 26.4 Å². The molecular formula is C87H142O17P2. The fourth-order valence-corrected chi connectivity index (χ4v) is 11.7. The topological polar surface area (TPSA) is 237 Å². The van der Waals surface area contributed by atoms with Crippen molar-refractivity contribution in [2.45, 2.75) is 316 Å². The minimum atomic E-state index is -5.02. The van der Waals surface area contributed by atoms with Crippen molar-refractivity contribution in [3.05, 3.63) is 170 Å². The number of carbonyl (C=O) groups is 4. The van der Waals surface area contributed by atoms with Gasteiger partial charge in [0, 0.05) is 25.7 Å². The number of esters is 4. The van der Waals surface area contributed by atoms with Gasteiger partial charge in [0.25, 0.3) is 0 Å². The van der Waals surface area contributed by atoms with Gasteiger partial charge in [-0.3, -0.25) is 37.3 Å². The van der Waals surface area contributed by atoms with Gasteiger partial charge in [0.15, 0.2) is 12.2 Å². The third kappa shape index (κ3) is 76.6. The molecule has 0 aliphatic carbocycles. The van der Waals surface area contributed by atoms with Gasteiger partial charge in [-0.05, 0) is 135 Å². The predicted octanol–water partition coefficient (Wildman–Crippen LogP) is 23.8. The minimum absolute atomic E-state index is 0.0140. The lowest BCUT2D eigenvalue weighted by molar-refractivity contribution is -0.161. The van der Waals surface area contributed by atoms with Crippen LogP contribution in [0.4, 0.5) is 0 Å². The number of phosphoric acid groups is 2. The van der Waals surface area contributed by atoms with Crippen LogP contribution in [0.25, 0.3) is 0 Å². The second-order valence-corrected chi connectivity index (χ2v) is 29.2. The number of hydrogen-bond acceptors (Lipinski definition) is 15. The maximum absolute atomic E-state index is 13.1. The molecule has 0 amide bonds. The van der Waals surface area contributed by atoms with E-state index < -0.39 is 97.5 Å². The number of aliphatic hydroxyl groups is 1. The summed E-state index contributed by atoms with van der Waals surface area (Å²) in [6, 6.07) is 0. The molecule has 0 saturated heterocycles. The summed E-state index contributed by atoms with van der Waals surface area (Å²) in [5.41, 5.74) is 0. The van der Waals surface area contributed by atoms with E-state index in [9.17, 15) is 43.2 Å². The van der Waals surface area contributed by atoms with Crippen molar-refractivity contribution in [3.63, 3.8) is 0 Å². The number of rotatable bonds is 74. The van der Waals surface area contributed by atoms with Crippen molar-refractivity contribution in [3.8, 4) is 0 Å². The molecule has 0 aromatic heterocycles. The Bertz CT molecular complexity index is 2680. The molecule has 0 spiro atoms. The van der Waals surface area contributed by atoms with Gasteiger partial charge in [-0.25, -0.2) is 9.13 Å². The first kappa shape index (κ1) is 100. The number of carbonyl (C=O) groups excluding carboxylic acids is 4. The van der Waals surface area contributed by atoms with Crippen LogP contribution in [0.2, 0.25) is 0 Å². The second kappa shape index (κ2) is 77.6. The van der Waals surface area contributed by atoms with Gasteiger partial charge < -0.3 is 33.8 Å². The van der Waals surface area contributed by atoms with E-state index in [1.807, 2.05) is 36.5 Å². The van der Waals surface area contributed by atoms with Crippen molar-refractivity contribution in [2.75, 3.05) is 39.6 Å². The largest absolute Gasteiger partial charge is 0.472 e. The minimum Gasteiger partial charge on any atom is -0.462 e. The lowest BCUT2D eigenvalue weighted by Gasteiger charge is -2.21. The highest BCUT2D eigenvalue weighted by Crippen LogP contribution is 2.45. The highest BCUT2D eigenvalue weighted by atomic mass is 31.2. The fraction of sp³-hybridized carbons (Fsp3) is 0.632. The summed E-state index contributed by atoms with van der Waals surface area (Å²) >= 11 is 0. The molecule has 19 heteroatoms. The molecule has 0 aromatic rings. The van der Waals surface area contributed by atoms with Crippen LogP contribution in [0.1, 0.15) is 297 Å². The average molecular weight is 1520 g/mol. The highest BCUT2D eigenvalue weighted by molar-refractivity contribution is 7.47. The molecule has 0 fully saturated rings. The van der Waals surface area contributed by atoms with E-state index in [2.05, 4.69) is 161 Å². The van der Waals surface area contributed by atoms with Crippen LogP contribution in [0.3, 0.4) is 0 Å². The number of unbranched alkanes of at least 4 members (excludes halogenated alkanes) is 20. The van der Waals surface area contributed by atoms with Crippen molar-refractivity contribution >= 4 is 39.5 Å². The Morgan fingerprint density at radius 1 is 0.274 bits per heavy atom.